The van der Waals surface area contributed by atoms with Crippen molar-refractivity contribution in [3.63, 3.8) is 0 Å². The highest BCUT2D eigenvalue weighted by molar-refractivity contribution is 7.72. The third-order valence-corrected chi connectivity index (χ3v) is 7.00. The molecule has 3 aromatic carbocycles. The number of amides is 1. The Labute approximate surface area is 251 Å². The lowest BCUT2D eigenvalue weighted by molar-refractivity contribution is -0.102. The molecule has 0 spiro atoms. The van der Waals surface area contributed by atoms with Crippen LogP contribution >= 0.6 is 11.6 Å². The van der Waals surface area contributed by atoms with E-state index in [1.54, 1.807) is 42.5 Å². The van der Waals surface area contributed by atoms with Gasteiger partial charge in [-0.05, 0) is 66.2 Å². The van der Waals surface area contributed by atoms with Gasteiger partial charge in [-0.2, -0.15) is 0 Å². The van der Waals surface area contributed by atoms with Gasteiger partial charge in [0, 0.05) is 23.2 Å². The number of fused-ring (bicyclic) bond motifs is 1. The molecule has 0 radical (unpaired) electrons. The second-order valence-electron chi connectivity index (χ2n) is 9.24. The molecule has 0 saturated carbocycles. The van der Waals surface area contributed by atoms with Crippen molar-refractivity contribution in [3.05, 3.63) is 101 Å². The van der Waals surface area contributed by atoms with Gasteiger partial charge < -0.3 is 25.0 Å². The molecule has 0 atom stereocenters. The van der Waals surface area contributed by atoms with Gasteiger partial charge in [-0.1, -0.05) is 23.7 Å². The molecule has 43 heavy (non-hydrogen) atoms. The average molecular weight is 626 g/mol. The second-order valence-corrected chi connectivity index (χ2v) is 10.8. The monoisotopic (exact) mass is 625 g/mol. The third-order valence-electron chi connectivity index (χ3n) is 6.14. The van der Waals surface area contributed by atoms with E-state index in [9.17, 15) is 17.6 Å². The lowest BCUT2D eigenvalue weighted by atomic mass is 10.1. The van der Waals surface area contributed by atoms with Crippen LogP contribution in [0.3, 0.4) is 0 Å². The van der Waals surface area contributed by atoms with Gasteiger partial charge in [0.2, 0.25) is 0 Å². The number of hydrogen-bond donors (Lipinski definition) is 3. The fourth-order valence-electron chi connectivity index (χ4n) is 4.20. The number of carbonyl (C=O) groups excluding carboxylic acids is 1. The number of nitrogens with two attached hydrogens (primary N) is 1. The molecule has 2 heterocycles. The minimum Gasteiger partial charge on any atom is -0.487 e. The molecular weight excluding hydrogens is 601 g/mol. The topological polar surface area (TPSA) is 150 Å². The van der Waals surface area contributed by atoms with Crippen LogP contribution < -0.4 is 15.8 Å². The number of ether oxygens (including phenoxy) is 1. The van der Waals surface area contributed by atoms with Crippen molar-refractivity contribution in [2.75, 3.05) is 17.6 Å². The number of hydroxylamine groups is 2. The predicted molar refractivity (Wildman–Crippen MR) is 159 cm³/mol. The van der Waals surface area contributed by atoms with E-state index in [0.29, 0.717) is 50.3 Å². The number of nitrogens with one attached hydrogen (secondary N) is 1. The number of halogens is 2. The van der Waals surface area contributed by atoms with Gasteiger partial charge >= 0.3 is 6.09 Å². The Balaban J connectivity index is 1.32. The molecule has 0 unspecified atom stereocenters. The highest BCUT2D eigenvalue weighted by atomic mass is 35.5. The van der Waals surface area contributed by atoms with Crippen molar-refractivity contribution >= 4 is 50.8 Å². The number of furan rings is 1. The second kappa shape index (κ2) is 13.5. The number of hydrogen-bond acceptors (Lipinski definition) is 10. The summed E-state index contributed by atoms with van der Waals surface area (Å²) < 4.78 is 47.1. The lowest BCUT2D eigenvalue weighted by Gasteiger charge is -2.17. The van der Waals surface area contributed by atoms with E-state index in [4.69, 9.17) is 31.3 Å². The molecule has 0 aliphatic carbocycles. The van der Waals surface area contributed by atoms with E-state index >= 15 is 0 Å². The SMILES string of the molecule is NC(=O)ON(CC[SH](=O)=O)Cc1ccc(-c2ccc3ncnc(Nc4ccc(OCc5cccc(F)c5)c(Cl)c4)c3c2)o1. The van der Waals surface area contributed by atoms with Gasteiger partial charge in [-0.3, -0.25) is 0 Å². The molecular formula is C29H25ClFN5O6S. The normalized spacial score (nSPS) is 11.3. The Hall–Kier alpha value is -4.72. The average Bonchev–Trinajstić information content (AvgIpc) is 3.44. The van der Waals surface area contributed by atoms with Crippen molar-refractivity contribution in [3.8, 4) is 17.1 Å². The van der Waals surface area contributed by atoms with Crippen molar-refractivity contribution in [2.45, 2.75) is 13.2 Å². The molecule has 0 saturated heterocycles. The van der Waals surface area contributed by atoms with Crippen LogP contribution in [0.15, 0.2) is 83.5 Å². The molecule has 5 rings (SSSR count). The van der Waals surface area contributed by atoms with Crippen molar-refractivity contribution in [1.29, 1.82) is 0 Å². The van der Waals surface area contributed by atoms with Crippen molar-refractivity contribution in [1.82, 2.24) is 15.0 Å². The quantitative estimate of drug-likeness (QED) is 0.121. The Morgan fingerprint density at radius 3 is 2.70 bits per heavy atom. The molecule has 0 fully saturated rings. The highest BCUT2D eigenvalue weighted by Gasteiger charge is 2.15. The van der Waals surface area contributed by atoms with Crippen LogP contribution in [0, 0.1) is 5.82 Å². The zero-order chi connectivity index (χ0) is 30.3. The summed E-state index contributed by atoms with van der Waals surface area (Å²) in [6.07, 6.45) is 0.381. The number of benzene rings is 3. The summed E-state index contributed by atoms with van der Waals surface area (Å²) in [6.45, 7) is 0.0954. The Morgan fingerprint density at radius 1 is 1.07 bits per heavy atom. The summed E-state index contributed by atoms with van der Waals surface area (Å²) in [6, 6.07) is 20.3. The van der Waals surface area contributed by atoms with E-state index in [1.165, 1.54) is 18.5 Å². The fraction of sp³-hybridized carbons (Fsp3) is 0.138. The standard InChI is InChI=1S/C29H25ClFN5O6S/c30-24-14-21(5-8-27(24)40-16-18-2-1-3-20(31)12-18)35-28-23-13-19(4-7-25(23)33-17-34-28)26-9-6-22(41-26)15-36(42-29(32)37)10-11-43(38)39/h1-9,12-14,17,43H,10-11,15-16H2,(H2,32,37)(H,33,34,35). The Bertz CT molecular complexity index is 1840. The largest absolute Gasteiger partial charge is 0.487 e. The molecule has 11 nitrogen and oxygen atoms in total. The Kier molecular flexibility index (Phi) is 9.35. The number of anilines is 2. The van der Waals surface area contributed by atoms with E-state index in [1.807, 2.05) is 18.2 Å². The van der Waals surface area contributed by atoms with Crippen LogP contribution in [-0.2, 0) is 28.7 Å². The zero-order valence-corrected chi connectivity index (χ0v) is 24.1. The van der Waals surface area contributed by atoms with Gasteiger partial charge in [0.25, 0.3) is 0 Å². The molecule has 0 aliphatic rings. The van der Waals surface area contributed by atoms with Gasteiger partial charge in [0.05, 0.1) is 22.8 Å². The van der Waals surface area contributed by atoms with Crippen molar-refractivity contribution < 1.29 is 31.6 Å². The molecule has 0 bridgehead atoms. The summed E-state index contributed by atoms with van der Waals surface area (Å²) in [7, 11) is -2.66. The van der Waals surface area contributed by atoms with E-state index in [-0.39, 0.29) is 31.3 Å². The number of aromatic nitrogens is 2. The summed E-state index contributed by atoms with van der Waals surface area (Å²) in [5.41, 5.74) is 7.84. The van der Waals surface area contributed by atoms with Crippen LogP contribution in [0.4, 0.5) is 20.7 Å². The maximum atomic E-state index is 13.5. The number of thiol groups is 1. The molecule has 1 amide bonds. The Morgan fingerprint density at radius 2 is 1.93 bits per heavy atom. The smallest absolute Gasteiger partial charge is 0.423 e. The zero-order valence-electron chi connectivity index (χ0n) is 22.4. The van der Waals surface area contributed by atoms with Crippen LogP contribution in [0.5, 0.6) is 5.75 Å². The van der Waals surface area contributed by atoms with Crippen LogP contribution in [-0.4, -0.2) is 41.8 Å². The summed E-state index contributed by atoms with van der Waals surface area (Å²) in [4.78, 5) is 24.9. The van der Waals surface area contributed by atoms with Gasteiger partial charge in [0.15, 0.2) is 0 Å². The molecule has 222 valence electrons. The van der Waals surface area contributed by atoms with Gasteiger partial charge in [0.1, 0.15) is 52.5 Å². The maximum absolute atomic E-state index is 13.5. The molecule has 3 N–H and O–H groups in total. The molecule has 5 aromatic rings. The van der Waals surface area contributed by atoms with Crippen LogP contribution in [0.25, 0.3) is 22.2 Å². The number of nitrogens with zero attached hydrogens (tertiary/aromatic N) is 3. The van der Waals surface area contributed by atoms with Gasteiger partial charge in [-0.15, -0.1) is 5.06 Å². The first-order valence-electron chi connectivity index (χ1n) is 12.9. The molecule has 0 aliphatic heterocycles. The number of rotatable bonds is 12. The van der Waals surface area contributed by atoms with E-state index in [2.05, 4.69) is 15.3 Å². The number of primary amides is 1. The van der Waals surface area contributed by atoms with Gasteiger partial charge in [-0.25, -0.2) is 27.6 Å². The first-order chi connectivity index (χ1) is 20.7. The summed E-state index contributed by atoms with van der Waals surface area (Å²) in [5, 5.41) is 5.45. The summed E-state index contributed by atoms with van der Waals surface area (Å²) >= 11 is 6.47. The van der Waals surface area contributed by atoms with Crippen LogP contribution in [0.1, 0.15) is 11.3 Å². The number of carbonyl (C=O) groups is 1. The molecule has 14 heteroatoms. The van der Waals surface area contributed by atoms with Crippen molar-refractivity contribution in [2.24, 2.45) is 5.73 Å². The summed E-state index contributed by atoms with van der Waals surface area (Å²) in [5.74, 6) is 1.36. The van der Waals surface area contributed by atoms with E-state index < -0.39 is 16.8 Å². The lowest BCUT2D eigenvalue weighted by Crippen LogP contribution is -2.32. The van der Waals surface area contributed by atoms with E-state index in [0.717, 1.165) is 10.6 Å². The first kappa shape index (κ1) is 29.8. The molecule has 2 aromatic heterocycles. The first-order valence-corrected chi connectivity index (χ1v) is 14.6. The highest BCUT2D eigenvalue weighted by Crippen LogP contribution is 2.33. The fourth-order valence-corrected chi connectivity index (χ4v) is 4.82. The third kappa shape index (κ3) is 7.97. The maximum Gasteiger partial charge on any atom is 0.423 e. The van der Waals surface area contributed by atoms with Crippen LogP contribution in [0.2, 0.25) is 5.02 Å². The minimum absolute atomic E-state index is 0.00167. The predicted octanol–water partition coefficient (Wildman–Crippen LogP) is 5.43. The minimum atomic E-state index is -2.66.